The fraction of sp³-hybridized carbons (Fsp3) is 0.176. The molecule has 114 valence electrons. The molecule has 0 saturated carbocycles. The van der Waals surface area contributed by atoms with Crippen molar-refractivity contribution in [3.63, 3.8) is 0 Å². The summed E-state index contributed by atoms with van der Waals surface area (Å²) < 4.78 is 5.23. The number of hydrogen-bond donors (Lipinski definition) is 1. The van der Waals surface area contributed by atoms with Crippen LogP contribution in [-0.2, 0) is 16.0 Å². The monoisotopic (exact) mass is 307 g/mol. The lowest BCUT2D eigenvalue weighted by atomic mass is 9.96. The summed E-state index contributed by atoms with van der Waals surface area (Å²) in [6.07, 6.45) is 4.07. The van der Waals surface area contributed by atoms with Crippen LogP contribution in [0.3, 0.4) is 0 Å². The number of nitrogens with zero attached hydrogens (tertiary/aromatic N) is 2. The highest BCUT2D eigenvalue weighted by molar-refractivity contribution is 5.95. The number of amides is 2. The van der Waals surface area contributed by atoms with E-state index >= 15 is 0 Å². The van der Waals surface area contributed by atoms with Crippen LogP contribution in [0.4, 0.5) is 5.69 Å². The normalized spacial score (nSPS) is 18.7. The van der Waals surface area contributed by atoms with Gasteiger partial charge in [0, 0.05) is 6.20 Å². The minimum Gasteiger partial charge on any atom is -0.466 e. The van der Waals surface area contributed by atoms with Gasteiger partial charge in [-0.25, -0.2) is 9.98 Å². The smallest absolute Gasteiger partial charge is 0.262 e. The maximum Gasteiger partial charge on any atom is 0.262 e. The fourth-order valence-corrected chi connectivity index (χ4v) is 2.75. The molecule has 1 atom stereocenters. The number of fused-ring (bicyclic) bond motifs is 2. The molecule has 0 spiro atoms. The molecule has 2 aliphatic heterocycles. The van der Waals surface area contributed by atoms with Gasteiger partial charge in [-0.05, 0) is 29.3 Å². The van der Waals surface area contributed by atoms with Crippen LogP contribution in [0.5, 0.6) is 5.88 Å². The van der Waals surface area contributed by atoms with Crippen molar-refractivity contribution in [2.24, 2.45) is 10.9 Å². The van der Waals surface area contributed by atoms with E-state index in [-0.39, 0.29) is 24.3 Å². The molecule has 0 bridgehead atoms. The van der Waals surface area contributed by atoms with E-state index in [0.717, 1.165) is 10.8 Å². The highest BCUT2D eigenvalue weighted by Crippen LogP contribution is 2.26. The lowest BCUT2D eigenvalue weighted by molar-refractivity contribution is -0.120. The summed E-state index contributed by atoms with van der Waals surface area (Å²) in [4.78, 5) is 31.9. The SMILES string of the molecule is O=C1COc2ncc(CC3C=c4ccccc4=NC3=O)cc2N1. The van der Waals surface area contributed by atoms with Crippen LogP contribution in [-0.4, -0.2) is 23.4 Å². The first-order valence-corrected chi connectivity index (χ1v) is 7.30. The highest BCUT2D eigenvalue weighted by Gasteiger charge is 2.21. The minimum absolute atomic E-state index is 0.0239. The number of nitrogens with one attached hydrogen (secondary N) is 1. The molecule has 1 aromatic carbocycles. The van der Waals surface area contributed by atoms with E-state index in [1.54, 1.807) is 12.3 Å². The molecule has 23 heavy (non-hydrogen) atoms. The lowest BCUT2D eigenvalue weighted by Crippen LogP contribution is -2.34. The number of carbonyl (C=O) groups is 2. The van der Waals surface area contributed by atoms with Crippen molar-refractivity contribution in [1.82, 2.24) is 4.98 Å². The topological polar surface area (TPSA) is 80.7 Å². The molecule has 6 nitrogen and oxygen atoms in total. The molecule has 4 rings (SSSR count). The Balaban J connectivity index is 1.64. The summed E-state index contributed by atoms with van der Waals surface area (Å²) in [6, 6.07) is 9.34. The van der Waals surface area contributed by atoms with E-state index in [2.05, 4.69) is 15.3 Å². The van der Waals surface area contributed by atoms with Gasteiger partial charge in [-0.15, -0.1) is 0 Å². The van der Waals surface area contributed by atoms with Crippen molar-refractivity contribution >= 4 is 23.6 Å². The van der Waals surface area contributed by atoms with E-state index in [0.29, 0.717) is 23.3 Å². The summed E-state index contributed by atoms with van der Waals surface area (Å²) in [5.41, 5.74) is 1.39. The van der Waals surface area contributed by atoms with E-state index < -0.39 is 0 Å². The average Bonchev–Trinajstić information content (AvgIpc) is 2.55. The molecule has 2 aliphatic rings. The van der Waals surface area contributed by atoms with Crippen LogP contribution in [0.2, 0.25) is 0 Å². The van der Waals surface area contributed by atoms with Crippen LogP contribution in [0.1, 0.15) is 5.56 Å². The third-order valence-electron chi connectivity index (χ3n) is 3.84. The second-order valence-corrected chi connectivity index (χ2v) is 5.52. The molecule has 0 radical (unpaired) electrons. The Morgan fingerprint density at radius 3 is 3.04 bits per heavy atom. The number of benzene rings is 1. The molecule has 3 heterocycles. The largest absolute Gasteiger partial charge is 0.466 e. The van der Waals surface area contributed by atoms with Crippen molar-refractivity contribution in [2.75, 3.05) is 11.9 Å². The zero-order valence-corrected chi connectivity index (χ0v) is 12.2. The number of rotatable bonds is 2. The predicted molar refractivity (Wildman–Crippen MR) is 82.3 cm³/mol. The number of aromatic nitrogens is 1. The Morgan fingerprint density at radius 2 is 2.13 bits per heavy atom. The lowest BCUT2D eigenvalue weighted by Gasteiger charge is -2.18. The number of ether oxygens (including phenoxy) is 1. The van der Waals surface area contributed by atoms with E-state index in [1.165, 1.54) is 0 Å². The third-order valence-corrected chi connectivity index (χ3v) is 3.84. The van der Waals surface area contributed by atoms with Crippen molar-refractivity contribution in [3.05, 3.63) is 52.7 Å². The molecular formula is C17H13N3O3. The summed E-state index contributed by atoms with van der Waals surface area (Å²) in [7, 11) is 0. The fourth-order valence-electron chi connectivity index (χ4n) is 2.75. The zero-order valence-electron chi connectivity index (χ0n) is 12.2. The van der Waals surface area contributed by atoms with Crippen LogP contribution in [0, 0.1) is 5.92 Å². The van der Waals surface area contributed by atoms with Gasteiger partial charge < -0.3 is 10.1 Å². The van der Waals surface area contributed by atoms with Gasteiger partial charge in [-0.3, -0.25) is 9.59 Å². The average molecular weight is 307 g/mol. The predicted octanol–water partition coefficient (Wildman–Crippen LogP) is 0.212. The van der Waals surface area contributed by atoms with Crippen molar-refractivity contribution in [2.45, 2.75) is 6.42 Å². The zero-order chi connectivity index (χ0) is 15.8. The van der Waals surface area contributed by atoms with Gasteiger partial charge in [-0.2, -0.15) is 0 Å². The maximum absolute atomic E-state index is 12.2. The van der Waals surface area contributed by atoms with E-state index in [1.807, 2.05) is 30.3 Å². The Bertz CT molecular complexity index is 936. The number of pyridine rings is 1. The Morgan fingerprint density at radius 1 is 1.26 bits per heavy atom. The second kappa shape index (κ2) is 5.31. The minimum atomic E-state index is -0.329. The molecular weight excluding hydrogens is 294 g/mol. The Labute approximate surface area is 131 Å². The second-order valence-electron chi connectivity index (χ2n) is 5.52. The molecule has 1 N–H and O–H groups in total. The number of carbonyl (C=O) groups excluding carboxylic acids is 2. The number of para-hydroxylation sites is 1. The van der Waals surface area contributed by atoms with Crippen LogP contribution < -0.4 is 20.6 Å². The maximum atomic E-state index is 12.2. The first-order valence-electron chi connectivity index (χ1n) is 7.30. The van der Waals surface area contributed by atoms with Crippen molar-refractivity contribution in [1.29, 1.82) is 0 Å². The van der Waals surface area contributed by atoms with Gasteiger partial charge in [-0.1, -0.05) is 24.3 Å². The Kier molecular flexibility index (Phi) is 3.15. The van der Waals surface area contributed by atoms with Crippen LogP contribution in [0.25, 0.3) is 6.08 Å². The van der Waals surface area contributed by atoms with Gasteiger partial charge >= 0.3 is 0 Å². The van der Waals surface area contributed by atoms with E-state index in [4.69, 9.17) is 4.74 Å². The van der Waals surface area contributed by atoms with Crippen LogP contribution >= 0.6 is 0 Å². The molecule has 2 aromatic rings. The molecule has 6 heteroatoms. The first kappa shape index (κ1) is 13.6. The molecule has 1 aromatic heterocycles. The summed E-state index contributed by atoms with van der Waals surface area (Å²) >= 11 is 0. The molecule has 1 unspecified atom stereocenters. The van der Waals surface area contributed by atoms with Crippen molar-refractivity contribution < 1.29 is 14.3 Å². The molecule has 0 aliphatic carbocycles. The standard InChI is InChI=1S/C17H13N3O3/c21-15-9-23-17-14(19-15)6-10(8-18-17)5-12-7-11-3-1-2-4-13(11)20-16(12)22/h1-4,6-8,12H,5,9H2,(H,19,21). The summed E-state index contributed by atoms with van der Waals surface area (Å²) in [6.45, 7) is -0.0239. The Hall–Kier alpha value is -3.02. The molecule has 0 saturated heterocycles. The first-order chi connectivity index (χ1) is 11.2. The van der Waals surface area contributed by atoms with Gasteiger partial charge in [0.1, 0.15) is 5.69 Å². The van der Waals surface area contributed by atoms with Gasteiger partial charge in [0.15, 0.2) is 6.61 Å². The summed E-state index contributed by atoms with van der Waals surface area (Å²) in [5.74, 6) is -0.297. The molecule has 0 fully saturated rings. The quantitative estimate of drug-likeness (QED) is 0.860. The molecule has 2 amide bonds. The summed E-state index contributed by atoms with van der Waals surface area (Å²) in [5, 5.41) is 4.38. The third kappa shape index (κ3) is 2.59. The van der Waals surface area contributed by atoms with E-state index in [9.17, 15) is 9.59 Å². The van der Waals surface area contributed by atoms with Gasteiger partial charge in [0.05, 0.1) is 11.3 Å². The van der Waals surface area contributed by atoms with Gasteiger partial charge in [0.2, 0.25) is 5.88 Å². The van der Waals surface area contributed by atoms with Crippen LogP contribution in [0.15, 0.2) is 41.5 Å². The van der Waals surface area contributed by atoms with Crippen molar-refractivity contribution in [3.8, 4) is 5.88 Å². The van der Waals surface area contributed by atoms with Gasteiger partial charge in [0.25, 0.3) is 11.8 Å². The highest BCUT2D eigenvalue weighted by atomic mass is 16.5. The number of anilines is 1. The number of hydrogen-bond acceptors (Lipinski definition) is 4.